The lowest BCUT2D eigenvalue weighted by atomic mass is 9.81. The van der Waals surface area contributed by atoms with Crippen LogP contribution in [-0.2, 0) is 14.3 Å². The average Bonchev–Trinajstić information content (AvgIpc) is 2.94. The minimum atomic E-state index is -0.210. The summed E-state index contributed by atoms with van der Waals surface area (Å²) in [6.45, 7) is 6.30. The van der Waals surface area contributed by atoms with Gasteiger partial charge < -0.3 is 9.47 Å². The van der Waals surface area contributed by atoms with Gasteiger partial charge in [-0.3, -0.25) is 9.69 Å². The maximum atomic E-state index is 12.7. The van der Waals surface area contributed by atoms with Crippen molar-refractivity contribution in [3.8, 4) is 0 Å². The topological polar surface area (TPSA) is 38.8 Å². The molecule has 0 amide bonds. The molecule has 5 heteroatoms. The highest BCUT2D eigenvalue weighted by atomic mass is 32.2. The summed E-state index contributed by atoms with van der Waals surface area (Å²) in [6, 6.07) is 0. The second kappa shape index (κ2) is 6.34. The van der Waals surface area contributed by atoms with Crippen LogP contribution < -0.4 is 0 Å². The Hall–Kier alpha value is -0.100. The number of likely N-dealkylation sites (N-methyl/N-ethyl adjacent to an activating group) is 1. The van der Waals surface area contributed by atoms with E-state index in [-0.39, 0.29) is 17.6 Å². The molecule has 3 fully saturated rings. The van der Waals surface area contributed by atoms with Gasteiger partial charge in [-0.2, -0.15) is 11.8 Å². The number of ether oxygens (including phenoxy) is 2. The van der Waals surface area contributed by atoms with Crippen molar-refractivity contribution in [3.63, 3.8) is 0 Å². The lowest BCUT2D eigenvalue weighted by Gasteiger charge is -2.39. The molecule has 0 bridgehead atoms. The molecule has 0 saturated carbocycles. The number of ketones is 1. The minimum Gasteiger partial charge on any atom is -0.374 e. The highest BCUT2D eigenvalue weighted by molar-refractivity contribution is 7.99. The maximum absolute atomic E-state index is 12.7. The predicted octanol–water partition coefficient (Wildman–Crippen LogP) is 1.58. The summed E-state index contributed by atoms with van der Waals surface area (Å²) in [5.74, 6) is 2.69. The zero-order chi connectivity index (χ0) is 14.0. The van der Waals surface area contributed by atoms with Gasteiger partial charge >= 0.3 is 0 Å². The zero-order valence-electron chi connectivity index (χ0n) is 12.3. The molecule has 0 radical (unpaired) electrons. The Kier molecular flexibility index (Phi) is 4.70. The van der Waals surface area contributed by atoms with E-state index in [1.807, 2.05) is 11.8 Å². The normalized spacial score (nSPS) is 39.2. The van der Waals surface area contributed by atoms with Crippen LogP contribution in [0.15, 0.2) is 0 Å². The van der Waals surface area contributed by atoms with E-state index in [4.69, 9.17) is 9.47 Å². The van der Waals surface area contributed by atoms with Gasteiger partial charge in [-0.05, 0) is 31.6 Å². The van der Waals surface area contributed by atoms with Crippen LogP contribution in [0, 0.1) is 5.92 Å². The van der Waals surface area contributed by atoms with E-state index >= 15 is 0 Å². The first kappa shape index (κ1) is 14.8. The second-order valence-electron chi connectivity index (χ2n) is 6.18. The van der Waals surface area contributed by atoms with E-state index in [1.54, 1.807) is 0 Å². The first-order valence-corrected chi connectivity index (χ1v) is 8.97. The van der Waals surface area contributed by atoms with Gasteiger partial charge in [-0.15, -0.1) is 0 Å². The van der Waals surface area contributed by atoms with Gasteiger partial charge in [0.05, 0.1) is 12.2 Å². The molecule has 0 aromatic carbocycles. The molecule has 3 aliphatic rings. The molecule has 3 atom stereocenters. The summed E-state index contributed by atoms with van der Waals surface area (Å²) in [6.07, 6.45) is 2.67. The van der Waals surface area contributed by atoms with Crippen molar-refractivity contribution in [2.75, 3.05) is 44.4 Å². The van der Waals surface area contributed by atoms with Crippen molar-refractivity contribution < 1.29 is 14.3 Å². The number of carbonyl (C=O) groups is 1. The zero-order valence-corrected chi connectivity index (χ0v) is 13.1. The Labute approximate surface area is 125 Å². The second-order valence-corrected chi connectivity index (χ2v) is 7.28. The number of Topliss-reactive ketones (excluding diaryl/α,β-unsaturated/α-hetero) is 1. The van der Waals surface area contributed by atoms with Crippen molar-refractivity contribution >= 4 is 17.5 Å². The molecule has 1 spiro atoms. The largest absolute Gasteiger partial charge is 0.374 e. The smallest absolute Gasteiger partial charge is 0.166 e. The first-order valence-electron chi connectivity index (χ1n) is 7.82. The van der Waals surface area contributed by atoms with Crippen molar-refractivity contribution in [1.82, 2.24) is 4.90 Å². The fraction of sp³-hybridized carbons (Fsp3) is 0.933. The molecule has 4 nitrogen and oxygen atoms in total. The molecule has 20 heavy (non-hydrogen) atoms. The van der Waals surface area contributed by atoms with Crippen LogP contribution in [0.4, 0.5) is 0 Å². The van der Waals surface area contributed by atoms with Crippen LogP contribution >= 0.6 is 11.8 Å². The van der Waals surface area contributed by atoms with Gasteiger partial charge in [0.2, 0.25) is 0 Å². The third kappa shape index (κ3) is 3.06. The van der Waals surface area contributed by atoms with E-state index in [2.05, 4.69) is 11.8 Å². The summed E-state index contributed by atoms with van der Waals surface area (Å²) in [7, 11) is 0. The quantitative estimate of drug-likeness (QED) is 0.791. The number of nitrogens with zero attached hydrogens (tertiary/aromatic N) is 1. The third-order valence-corrected chi connectivity index (χ3v) is 6.10. The molecular formula is C15H25NO3S. The van der Waals surface area contributed by atoms with E-state index in [0.29, 0.717) is 12.4 Å². The standard InChI is InChI=1S/C15H25NO3S/c1-2-16-5-7-18-13(10-16)14(17)12-3-6-19-15(9-12)4-8-20-11-15/h12-13H,2-11H2,1H3. The molecule has 3 saturated heterocycles. The molecule has 3 rings (SSSR count). The molecule has 3 unspecified atom stereocenters. The summed E-state index contributed by atoms with van der Waals surface area (Å²) in [5, 5.41) is 0. The Morgan fingerprint density at radius 1 is 1.45 bits per heavy atom. The van der Waals surface area contributed by atoms with Crippen molar-refractivity contribution in [2.24, 2.45) is 5.92 Å². The number of hydrogen-bond acceptors (Lipinski definition) is 5. The predicted molar refractivity (Wildman–Crippen MR) is 80.2 cm³/mol. The Morgan fingerprint density at radius 2 is 2.35 bits per heavy atom. The van der Waals surface area contributed by atoms with Crippen LogP contribution in [0.1, 0.15) is 26.2 Å². The first-order chi connectivity index (χ1) is 9.72. The van der Waals surface area contributed by atoms with Crippen molar-refractivity contribution in [3.05, 3.63) is 0 Å². The van der Waals surface area contributed by atoms with E-state index in [1.165, 1.54) is 5.75 Å². The molecule has 3 aliphatic heterocycles. The molecule has 0 aromatic heterocycles. The van der Waals surface area contributed by atoms with Crippen LogP contribution in [-0.4, -0.2) is 66.7 Å². The molecule has 3 heterocycles. The van der Waals surface area contributed by atoms with Gasteiger partial charge in [0.15, 0.2) is 5.78 Å². The Morgan fingerprint density at radius 3 is 3.10 bits per heavy atom. The monoisotopic (exact) mass is 299 g/mol. The number of carbonyl (C=O) groups excluding carboxylic acids is 1. The van der Waals surface area contributed by atoms with Crippen LogP contribution in [0.5, 0.6) is 0 Å². The van der Waals surface area contributed by atoms with Gasteiger partial charge in [-0.25, -0.2) is 0 Å². The molecule has 0 N–H and O–H groups in total. The van der Waals surface area contributed by atoms with Crippen molar-refractivity contribution in [1.29, 1.82) is 0 Å². The van der Waals surface area contributed by atoms with E-state index in [9.17, 15) is 4.79 Å². The number of morpholine rings is 1. The SMILES string of the molecule is CCN1CCOC(C(=O)C2CCOC3(CCSC3)C2)C1. The summed E-state index contributed by atoms with van der Waals surface area (Å²) < 4.78 is 11.8. The number of thioether (sulfide) groups is 1. The lowest BCUT2D eigenvalue weighted by Crippen LogP contribution is -2.50. The fourth-order valence-corrected chi connectivity index (χ4v) is 4.94. The van der Waals surface area contributed by atoms with Crippen LogP contribution in [0.25, 0.3) is 0 Å². The molecule has 0 aliphatic carbocycles. The van der Waals surface area contributed by atoms with Gasteiger partial charge in [0, 0.05) is 31.4 Å². The van der Waals surface area contributed by atoms with Gasteiger partial charge in [-0.1, -0.05) is 6.92 Å². The van der Waals surface area contributed by atoms with E-state index in [0.717, 1.165) is 51.3 Å². The summed E-state index contributed by atoms with van der Waals surface area (Å²) in [5.41, 5.74) is -0.0116. The van der Waals surface area contributed by atoms with Gasteiger partial charge in [0.25, 0.3) is 0 Å². The van der Waals surface area contributed by atoms with E-state index < -0.39 is 0 Å². The van der Waals surface area contributed by atoms with Crippen molar-refractivity contribution in [2.45, 2.75) is 37.9 Å². The Balaban J connectivity index is 1.61. The minimum absolute atomic E-state index is 0.0116. The average molecular weight is 299 g/mol. The highest BCUT2D eigenvalue weighted by Crippen LogP contribution is 2.41. The van der Waals surface area contributed by atoms with Gasteiger partial charge in [0.1, 0.15) is 6.10 Å². The summed E-state index contributed by atoms with van der Waals surface area (Å²) in [4.78, 5) is 15.1. The number of hydrogen-bond donors (Lipinski definition) is 0. The molecule has 0 aromatic rings. The number of rotatable bonds is 3. The summed E-state index contributed by atoms with van der Waals surface area (Å²) >= 11 is 1.96. The van der Waals surface area contributed by atoms with Crippen LogP contribution in [0.3, 0.4) is 0 Å². The van der Waals surface area contributed by atoms with Crippen LogP contribution in [0.2, 0.25) is 0 Å². The highest BCUT2D eigenvalue weighted by Gasteiger charge is 2.44. The lowest BCUT2D eigenvalue weighted by molar-refractivity contribution is -0.149. The Bertz CT molecular complexity index is 357. The molecule has 114 valence electrons. The molecular weight excluding hydrogens is 274 g/mol. The maximum Gasteiger partial charge on any atom is 0.166 e. The fourth-order valence-electron chi connectivity index (χ4n) is 3.56. The third-order valence-electron chi connectivity index (χ3n) is 4.88.